The molecule has 22 heteroatoms. The van der Waals surface area contributed by atoms with Gasteiger partial charge in [0.15, 0.2) is 17.3 Å². The molecule has 0 unspecified atom stereocenters. The van der Waals surface area contributed by atoms with E-state index in [0.29, 0.717) is 85.8 Å². The first-order valence-corrected chi connectivity index (χ1v) is 44.5. The maximum Gasteiger partial charge on any atom is 0.416 e. The lowest BCUT2D eigenvalue weighted by Gasteiger charge is -2.49. The van der Waals surface area contributed by atoms with Gasteiger partial charge in [-0.1, -0.05) is 137 Å². The molecule has 15 nitrogen and oxygen atoms in total. The van der Waals surface area contributed by atoms with Crippen molar-refractivity contribution in [3.63, 3.8) is 0 Å². The van der Waals surface area contributed by atoms with Crippen LogP contribution in [-0.2, 0) is 22.4 Å². The number of hydrogen-bond acceptors (Lipinski definition) is 14. The van der Waals surface area contributed by atoms with Gasteiger partial charge in [0.2, 0.25) is 10.0 Å². The molecule has 3 fully saturated rings. The van der Waals surface area contributed by atoms with Gasteiger partial charge in [-0.2, -0.15) is 26.3 Å². The number of hydrogen-bond donors (Lipinski definition) is 1. The number of nitrogens with one attached hydrogen (secondary N) is 1. The minimum absolute atomic E-state index is 0.0223. The van der Waals surface area contributed by atoms with Gasteiger partial charge in [-0.3, -0.25) is 19.1 Å². The molecule has 12 aromatic carbocycles. The number of carbonyl (C=O) groups excluding carboxylic acids is 3. The number of benzene rings is 12. The molecule has 0 saturated heterocycles. The Hall–Kier alpha value is -12.0. The van der Waals surface area contributed by atoms with E-state index in [0.717, 1.165) is 175 Å². The molecule has 3 aliphatic carbocycles. The number of ketones is 3. The second-order valence-electron chi connectivity index (χ2n) is 36.8. The van der Waals surface area contributed by atoms with Gasteiger partial charge < -0.3 is 14.2 Å². The Morgan fingerprint density at radius 1 is 0.347 bits per heavy atom. The first-order chi connectivity index (χ1) is 59.0. The fraction of sp³-hybridized carbons (Fsp3) is 0.324. The van der Waals surface area contributed by atoms with E-state index in [1.807, 2.05) is 54.6 Å². The summed E-state index contributed by atoms with van der Waals surface area (Å²) in [5, 5.41) is 5.92. The number of sulfonamides is 1. The van der Waals surface area contributed by atoms with Gasteiger partial charge in [-0.15, -0.1) is 0 Å². The van der Waals surface area contributed by atoms with Crippen molar-refractivity contribution in [2.45, 2.75) is 167 Å². The summed E-state index contributed by atoms with van der Waals surface area (Å²) in [6.07, 6.45) is 2.05. The molecule has 21 rings (SSSR count). The molecule has 3 aromatic heterocycles. The number of ether oxygens (including phenoxy) is 3. The molecule has 9 atom stereocenters. The van der Waals surface area contributed by atoms with Crippen molar-refractivity contribution in [3.8, 4) is 17.2 Å². The largest absolute Gasteiger partial charge is 0.487 e. The van der Waals surface area contributed by atoms with Crippen LogP contribution in [0.25, 0.3) is 98.5 Å². The number of halogens is 6. The third-order valence-corrected chi connectivity index (χ3v) is 27.7. The summed E-state index contributed by atoms with van der Waals surface area (Å²) in [7, 11) is -3.40. The molecule has 1 N–H and O–H groups in total. The van der Waals surface area contributed by atoms with Crippen molar-refractivity contribution >= 4 is 132 Å². The van der Waals surface area contributed by atoms with Gasteiger partial charge in [0.05, 0.1) is 83.6 Å². The van der Waals surface area contributed by atoms with E-state index in [-0.39, 0.29) is 56.7 Å². The lowest BCUT2D eigenvalue weighted by atomic mass is 9.64. The minimum atomic E-state index is -4.53. The van der Waals surface area contributed by atoms with Gasteiger partial charge >= 0.3 is 12.4 Å². The number of nitrogens with zero attached hydrogens (tertiary/aromatic N) is 6. The Labute approximate surface area is 712 Å². The van der Waals surface area contributed by atoms with Crippen molar-refractivity contribution in [2.75, 3.05) is 11.0 Å². The van der Waals surface area contributed by atoms with E-state index < -0.39 is 45.1 Å². The maximum atomic E-state index is 13.4. The monoisotopic (exact) mass is 1690 g/mol. The summed E-state index contributed by atoms with van der Waals surface area (Å²) >= 11 is 0. The Morgan fingerprint density at radius 2 is 0.629 bits per heavy atom. The Kier molecular flexibility index (Phi) is 19.8. The van der Waals surface area contributed by atoms with Crippen LogP contribution in [0, 0.1) is 35.5 Å². The molecular formula is C102H91F6N7O8S. The van der Waals surface area contributed by atoms with Crippen LogP contribution in [-0.4, -0.2) is 78.7 Å². The van der Waals surface area contributed by atoms with E-state index in [9.17, 15) is 49.1 Å². The number of carbonyl (C=O) groups is 3. The van der Waals surface area contributed by atoms with Gasteiger partial charge in [-0.05, 0) is 219 Å². The van der Waals surface area contributed by atoms with Crippen LogP contribution in [0.3, 0.4) is 0 Å². The molecular weight excluding hydrogens is 1600 g/mol. The summed E-state index contributed by atoms with van der Waals surface area (Å²) in [6.45, 7) is 20.2. The van der Waals surface area contributed by atoms with Gasteiger partial charge in [-0.25, -0.2) is 38.3 Å². The van der Waals surface area contributed by atoms with E-state index in [4.69, 9.17) is 44.1 Å². The summed E-state index contributed by atoms with van der Waals surface area (Å²) in [6, 6.07) is 55.2. The molecule has 124 heavy (non-hydrogen) atoms. The highest BCUT2D eigenvalue weighted by atomic mass is 32.2. The highest BCUT2D eigenvalue weighted by Gasteiger charge is 2.51. The topological polar surface area (TPSA) is 202 Å². The number of rotatable bonds is 8. The van der Waals surface area contributed by atoms with E-state index in [2.05, 4.69) is 91.3 Å². The van der Waals surface area contributed by atoms with Gasteiger partial charge in [0.25, 0.3) is 0 Å². The predicted octanol–water partition coefficient (Wildman–Crippen LogP) is 25.0. The van der Waals surface area contributed by atoms with Gasteiger partial charge in [0, 0.05) is 106 Å². The number of fused-ring (bicyclic) bond motifs is 27. The van der Waals surface area contributed by atoms with Crippen LogP contribution in [0.2, 0.25) is 0 Å². The summed E-state index contributed by atoms with van der Waals surface area (Å²) in [4.78, 5) is 70.7. The highest BCUT2D eigenvalue weighted by molar-refractivity contribution is 7.92. The molecule has 3 aliphatic heterocycles. The van der Waals surface area contributed by atoms with Crippen LogP contribution in [0.4, 0.5) is 32.0 Å². The standard InChI is InChI=1S/2C34H29F3N2O2.C34H33N3O4S/c1-18-11-13-25-24(15-18)28-30-29(22-9-4-5-10-23(22)32(28)41-33(25,2)3)39-27-17-20(12-14-26(27)38-30)31(40)19-7-6-8-21(16-19)34(35,36)37;1-18-11-13-25-24(15-18)28-30-29(22-9-4-5-10-23(22)32(28)41-33(25,2)3)38-26-14-12-20(17-27(26)39-30)31(40)19-7-6-8-21(16-19)34(35,36)37;1-19-9-15-26-25(17-19)29-31-30(23-7-5-6-8-24(23)33(29)41-34(26,2)3)36-28-18-21(12-16-27(28)35-31)32(38)20-10-13-22(14-11-20)37-42(4,39)40/h2*4-10,12,14,16-18,24-25H,11,13,15H2,1-3H3;5-8,10-14,16,18-19,25-26,37H,9,15,17H2,1-4H3/t2*18-,24-,25-;19-,25-,26-/m000/s1. The normalized spacial score (nSPS) is 21.7. The molecule has 0 spiro atoms. The van der Waals surface area contributed by atoms with Crippen LogP contribution >= 0.6 is 0 Å². The smallest absolute Gasteiger partial charge is 0.416 e. The average Bonchev–Trinajstić information content (AvgIpc) is 0.717. The lowest BCUT2D eigenvalue weighted by molar-refractivity contribution is -0.138. The zero-order chi connectivity index (χ0) is 86.8. The summed E-state index contributed by atoms with van der Waals surface area (Å²) in [5.74, 6) is 5.31. The molecule has 0 bridgehead atoms. The average molecular weight is 1690 g/mol. The molecule has 0 radical (unpaired) electrons. The van der Waals surface area contributed by atoms with Crippen molar-refractivity contribution in [3.05, 3.63) is 261 Å². The number of aromatic nitrogens is 6. The molecule has 0 amide bonds. The minimum Gasteiger partial charge on any atom is -0.487 e. The first-order valence-electron chi connectivity index (χ1n) is 42.6. The predicted molar refractivity (Wildman–Crippen MR) is 474 cm³/mol. The van der Waals surface area contributed by atoms with Crippen molar-refractivity contribution in [1.29, 1.82) is 0 Å². The van der Waals surface area contributed by atoms with Crippen molar-refractivity contribution in [2.24, 2.45) is 35.5 Å². The summed E-state index contributed by atoms with van der Waals surface area (Å²) < 4.78 is 126. The van der Waals surface area contributed by atoms with Crippen molar-refractivity contribution < 1.29 is 63.4 Å². The third-order valence-electron chi connectivity index (χ3n) is 27.1. The first kappa shape index (κ1) is 81.6. The Bertz CT molecular complexity index is 7120. The van der Waals surface area contributed by atoms with Crippen molar-refractivity contribution in [1.82, 2.24) is 29.9 Å². The molecule has 6 heterocycles. The fourth-order valence-corrected chi connectivity index (χ4v) is 21.7. The highest BCUT2D eigenvalue weighted by Crippen LogP contribution is 2.61. The van der Waals surface area contributed by atoms with Gasteiger partial charge in [0.1, 0.15) is 34.1 Å². The summed E-state index contributed by atoms with van der Waals surface area (Å²) in [5.41, 5.74) is 11.1. The maximum absolute atomic E-state index is 13.4. The van der Waals surface area contributed by atoms with Crippen LogP contribution in [0.1, 0.15) is 213 Å². The zero-order valence-electron chi connectivity index (χ0n) is 70.2. The number of anilines is 1. The van der Waals surface area contributed by atoms with E-state index >= 15 is 0 Å². The Balaban J connectivity index is 0.000000122. The van der Waals surface area contributed by atoms with E-state index in [1.54, 1.807) is 72.8 Å². The van der Waals surface area contributed by atoms with E-state index in [1.165, 1.54) is 42.7 Å². The second-order valence-corrected chi connectivity index (χ2v) is 38.6. The lowest BCUT2D eigenvalue weighted by Crippen LogP contribution is -2.46. The molecule has 3 saturated carbocycles. The SMILES string of the molecule is C[C@H]1CC[C@H]2[C@H](C1)c1c(c3ccccc3c3nc4cc(C(=O)c5ccc(NS(C)(=O)=O)cc5)ccc4nc13)OC2(C)C.C[C@H]1CC[C@H]2[C@H](C1)c1c(c3ccccc3c3nc4cc(C(=O)c5cccc(C(F)(F)F)c5)ccc4nc13)OC2(C)C.C[C@H]1CC[C@H]2[C@H](C1)c1c(c3ccccc3c3nc4ccc(C(=O)c5cccc(C(F)(F)F)c5)cc4nc13)OC2(C)C. The Morgan fingerprint density at radius 3 is 0.952 bits per heavy atom. The van der Waals surface area contributed by atoms with Crippen LogP contribution in [0.15, 0.2) is 200 Å². The molecule has 6 aliphatic rings. The zero-order valence-corrected chi connectivity index (χ0v) is 71.1. The second kappa shape index (κ2) is 30.1. The third kappa shape index (κ3) is 14.6. The number of alkyl halides is 6. The van der Waals surface area contributed by atoms with Crippen LogP contribution in [0.5, 0.6) is 17.2 Å². The quantitative estimate of drug-likeness (QED) is 0.0651. The molecule has 15 aromatic rings. The molecule has 630 valence electrons. The van der Waals surface area contributed by atoms with Crippen LogP contribution < -0.4 is 18.9 Å². The fourth-order valence-electron chi connectivity index (χ4n) is 21.2.